The number of fused-ring (bicyclic) bond motifs is 2. The van der Waals surface area contributed by atoms with Crippen LogP contribution in [0.3, 0.4) is 0 Å². The van der Waals surface area contributed by atoms with Crippen molar-refractivity contribution in [3.05, 3.63) is 46.9 Å². The molecule has 6 rings (SSSR count). The van der Waals surface area contributed by atoms with Crippen LogP contribution in [0.25, 0.3) is 22.7 Å². The fourth-order valence-electron chi connectivity index (χ4n) is 7.08. The molecule has 1 saturated heterocycles. The Balaban J connectivity index is 1.45. The second-order valence-electron chi connectivity index (χ2n) is 12.2. The zero-order chi connectivity index (χ0) is 29.8. The first-order chi connectivity index (χ1) is 20.2. The van der Waals surface area contributed by atoms with E-state index in [9.17, 15) is 9.18 Å². The number of rotatable bonds is 8. The van der Waals surface area contributed by atoms with Gasteiger partial charge in [0.1, 0.15) is 23.3 Å². The number of piperidine rings is 1. The Morgan fingerprint density at radius 2 is 1.93 bits per heavy atom. The van der Waals surface area contributed by atoms with Gasteiger partial charge in [0.2, 0.25) is 5.88 Å². The molecule has 3 atom stereocenters. The highest BCUT2D eigenvalue weighted by Crippen LogP contribution is 2.47. The van der Waals surface area contributed by atoms with Gasteiger partial charge in [0, 0.05) is 49.4 Å². The largest absolute Gasteiger partial charge is 0.494 e. The molecule has 224 valence electrons. The maximum absolute atomic E-state index is 14.3. The number of nitrogens with two attached hydrogens (primary N) is 1. The average molecular weight is 578 g/mol. The molecule has 1 unspecified atom stereocenters. The molecule has 1 saturated carbocycles. The molecular formula is C32H40FN5O4. The van der Waals surface area contributed by atoms with Crippen LogP contribution in [0.1, 0.15) is 72.9 Å². The van der Waals surface area contributed by atoms with Gasteiger partial charge in [0.15, 0.2) is 0 Å². The summed E-state index contributed by atoms with van der Waals surface area (Å²) in [6, 6.07) is 7.09. The molecule has 1 aromatic carbocycles. The molecule has 0 bridgehead atoms. The van der Waals surface area contributed by atoms with Gasteiger partial charge in [-0.15, -0.1) is 0 Å². The van der Waals surface area contributed by atoms with Gasteiger partial charge in [-0.2, -0.15) is 0 Å². The fourth-order valence-corrected chi connectivity index (χ4v) is 7.08. The van der Waals surface area contributed by atoms with E-state index in [-0.39, 0.29) is 36.4 Å². The zero-order valence-corrected chi connectivity index (χ0v) is 25.0. The Kier molecular flexibility index (Phi) is 7.47. The van der Waals surface area contributed by atoms with Crippen molar-refractivity contribution >= 4 is 28.6 Å². The van der Waals surface area contributed by atoms with Gasteiger partial charge >= 0.3 is 0 Å². The lowest BCUT2D eigenvalue weighted by molar-refractivity contribution is -0.0938. The van der Waals surface area contributed by atoms with Crippen LogP contribution in [-0.4, -0.2) is 77.6 Å². The molecule has 1 aliphatic heterocycles. The summed E-state index contributed by atoms with van der Waals surface area (Å²) in [5, 5.41) is 0. The second kappa shape index (κ2) is 11.0. The molecule has 1 amide bonds. The van der Waals surface area contributed by atoms with Crippen LogP contribution in [0.4, 0.5) is 4.39 Å². The van der Waals surface area contributed by atoms with E-state index in [0.29, 0.717) is 35.2 Å². The lowest BCUT2D eigenvalue weighted by atomic mass is 9.72. The first-order valence-corrected chi connectivity index (χ1v) is 14.8. The van der Waals surface area contributed by atoms with Crippen LogP contribution in [0.5, 0.6) is 11.6 Å². The number of amides is 1. The number of methoxy groups -OCH3 is 3. The first kappa shape index (κ1) is 28.6. The normalized spacial score (nSPS) is 27.0. The number of ether oxygens (including phenoxy) is 3. The minimum atomic E-state index is -1.14. The number of hydrogen-bond donors (Lipinski definition) is 1. The van der Waals surface area contributed by atoms with Crippen LogP contribution < -0.4 is 15.2 Å². The van der Waals surface area contributed by atoms with Gasteiger partial charge in [0.25, 0.3) is 5.91 Å². The molecule has 3 aromatic rings. The number of pyridine rings is 1. The fraction of sp³-hybridized carbons (Fsp3) is 0.531. The third kappa shape index (κ3) is 4.94. The van der Waals surface area contributed by atoms with Crippen molar-refractivity contribution in [2.45, 2.75) is 69.8 Å². The number of allylic oxidation sites excluding steroid dienone is 1. The van der Waals surface area contributed by atoms with E-state index in [2.05, 4.69) is 24.5 Å². The smallest absolute Gasteiger partial charge is 0.254 e. The highest BCUT2D eigenvalue weighted by atomic mass is 19.1. The number of carbonyl (C=O) groups is 1. The first-order valence-electron chi connectivity index (χ1n) is 14.8. The van der Waals surface area contributed by atoms with Crippen LogP contribution in [0.15, 0.2) is 24.3 Å². The van der Waals surface area contributed by atoms with Gasteiger partial charge < -0.3 is 29.4 Å². The molecular weight excluding hydrogens is 537 g/mol. The Hall–Kier alpha value is -3.50. The van der Waals surface area contributed by atoms with E-state index < -0.39 is 6.17 Å². The number of alkyl halides is 1. The van der Waals surface area contributed by atoms with Crippen LogP contribution in [-0.2, 0) is 11.3 Å². The Morgan fingerprint density at radius 3 is 2.60 bits per heavy atom. The average Bonchev–Trinajstić information content (AvgIpc) is 3.51. The van der Waals surface area contributed by atoms with Crippen molar-refractivity contribution in [3.8, 4) is 11.6 Å². The summed E-state index contributed by atoms with van der Waals surface area (Å²) in [6.07, 6.45) is 4.02. The minimum Gasteiger partial charge on any atom is -0.494 e. The Labute approximate surface area is 245 Å². The summed E-state index contributed by atoms with van der Waals surface area (Å²) < 4.78 is 33.6. The molecule has 2 aromatic heterocycles. The summed E-state index contributed by atoms with van der Waals surface area (Å²) in [5.41, 5.74) is 10.9. The Bertz CT molecular complexity index is 1540. The monoisotopic (exact) mass is 577 g/mol. The van der Waals surface area contributed by atoms with Crippen molar-refractivity contribution in [1.29, 1.82) is 0 Å². The van der Waals surface area contributed by atoms with Crippen molar-refractivity contribution in [2.75, 3.05) is 34.4 Å². The van der Waals surface area contributed by atoms with Crippen LogP contribution in [0.2, 0.25) is 0 Å². The highest BCUT2D eigenvalue weighted by Gasteiger charge is 2.41. The van der Waals surface area contributed by atoms with Gasteiger partial charge in [0.05, 0.1) is 37.6 Å². The van der Waals surface area contributed by atoms with Crippen LogP contribution >= 0.6 is 0 Å². The molecule has 0 radical (unpaired) electrons. The van der Waals surface area contributed by atoms with E-state index in [1.54, 1.807) is 33.5 Å². The summed E-state index contributed by atoms with van der Waals surface area (Å²) >= 11 is 0. The third-order valence-electron chi connectivity index (χ3n) is 9.19. The van der Waals surface area contributed by atoms with E-state index in [1.807, 2.05) is 12.1 Å². The standard InChI is InChI=1S/C32H40FN5O4/c1-6-23-24(9-19-7-8-27(41-4)36-28(19)23)30-35-25-10-20(31(39)37-16-21(33)12-22(34)17-37)11-26(40-3)29(25)38(30)15-18-13-32(2,14-18)42-5/h7-11,18,21-23H,6,12-17,34H2,1-5H3/t18-,21-,22-,23?,32+/m1/s1. The van der Waals surface area contributed by atoms with Crippen molar-refractivity contribution in [3.63, 3.8) is 0 Å². The number of nitrogens with zero attached hydrogens (tertiary/aromatic N) is 4. The van der Waals surface area contributed by atoms with Gasteiger partial charge in [-0.25, -0.2) is 14.4 Å². The molecule has 9 nitrogen and oxygen atoms in total. The minimum absolute atomic E-state index is 0.0340. The molecule has 0 spiro atoms. The molecule has 2 N–H and O–H groups in total. The number of carbonyl (C=O) groups excluding carboxylic acids is 1. The molecule has 2 fully saturated rings. The Morgan fingerprint density at radius 1 is 1.14 bits per heavy atom. The van der Waals surface area contributed by atoms with Crippen molar-refractivity contribution in [1.82, 2.24) is 19.4 Å². The summed E-state index contributed by atoms with van der Waals surface area (Å²) in [4.78, 5) is 25.0. The number of hydrogen-bond acceptors (Lipinski definition) is 7. The van der Waals surface area contributed by atoms with E-state index in [4.69, 9.17) is 29.9 Å². The second-order valence-corrected chi connectivity index (χ2v) is 12.2. The number of imidazole rings is 1. The number of halogens is 1. The predicted molar refractivity (Wildman–Crippen MR) is 160 cm³/mol. The lowest BCUT2D eigenvalue weighted by Gasteiger charge is -2.44. The SMILES string of the molecule is CCC1C(c2nc3cc(C(=O)N4C[C@H](N)C[C@@H](F)C4)cc(OC)c3n2C[C@H]2C[C@@](C)(OC)C2)=Cc2ccc(OC)nc21. The highest BCUT2D eigenvalue weighted by molar-refractivity contribution is 6.00. The number of likely N-dealkylation sites (tertiary alicyclic amines) is 1. The van der Waals surface area contributed by atoms with E-state index >= 15 is 0 Å². The third-order valence-corrected chi connectivity index (χ3v) is 9.19. The van der Waals surface area contributed by atoms with Crippen LogP contribution in [0, 0.1) is 5.92 Å². The molecule has 10 heteroatoms. The molecule has 42 heavy (non-hydrogen) atoms. The summed E-state index contributed by atoms with van der Waals surface area (Å²) in [5.74, 6) is 2.16. The lowest BCUT2D eigenvalue weighted by Crippen LogP contribution is -2.50. The van der Waals surface area contributed by atoms with Gasteiger partial charge in [-0.1, -0.05) is 6.92 Å². The topological polar surface area (TPSA) is 105 Å². The maximum atomic E-state index is 14.3. The van der Waals surface area contributed by atoms with Crippen molar-refractivity contribution < 1.29 is 23.4 Å². The molecule has 2 aliphatic carbocycles. The number of aromatic nitrogens is 3. The maximum Gasteiger partial charge on any atom is 0.254 e. The predicted octanol–water partition coefficient (Wildman–Crippen LogP) is 4.82. The molecule has 3 heterocycles. The molecule has 3 aliphatic rings. The number of benzene rings is 1. The summed E-state index contributed by atoms with van der Waals surface area (Å²) in [7, 11) is 5.00. The van der Waals surface area contributed by atoms with E-state index in [0.717, 1.165) is 54.0 Å². The zero-order valence-electron chi connectivity index (χ0n) is 25.0. The van der Waals surface area contributed by atoms with Gasteiger partial charge in [-0.3, -0.25) is 4.79 Å². The summed E-state index contributed by atoms with van der Waals surface area (Å²) in [6.45, 7) is 5.38. The van der Waals surface area contributed by atoms with E-state index in [1.165, 1.54) is 4.90 Å². The van der Waals surface area contributed by atoms with Crippen molar-refractivity contribution in [2.24, 2.45) is 11.7 Å². The van der Waals surface area contributed by atoms with Gasteiger partial charge in [-0.05, 0) is 68.4 Å². The quantitative estimate of drug-likeness (QED) is 0.409.